The molecule has 0 heterocycles. The smallest absolute Gasteiger partial charge is 0.224 e. The fourth-order valence-corrected chi connectivity index (χ4v) is 2.26. The molecule has 1 saturated carbocycles. The van der Waals surface area contributed by atoms with Gasteiger partial charge < -0.3 is 15.8 Å². The zero-order valence-corrected chi connectivity index (χ0v) is 10.4. The van der Waals surface area contributed by atoms with Crippen molar-refractivity contribution in [2.75, 3.05) is 20.3 Å². The monoisotopic (exact) mass is 228 g/mol. The lowest BCUT2D eigenvalue weighted by molar-refractivity contribution is -0.127. The van der Waals surface area contributed by atoms with Crippen molar-refractivity contribution in [2.45, 2.75) is 38.6 Å². The summed E-state index contributed by atoms with van der Waals surface area (Å²) in [7, 11) is 1.67. The fraction of sp³-hybridized carbons (Fsp3) is 0.917. The molecule has 0 saturated heterocycles. The number of hydrogen-bond acceptors (Lipinski definition) is 3. The van der Waals surface area contributed by atoms with Crippen LogP contribution in [0.25, 0.3) is 0 Å². The van der Waals surface area contributed by atoms with Crippen LogP contribution < -0.4 is 11.1 Å². The molecule has 3 atom stereocenters. The molecular formula is C12H24N2O2. The SMILES string of the molecule is COCCCNC(=O)C1CC(C)CCC1N. The minimum absolute atomic E-state index is 0.00583. The number of carbonyl (C=O) groups excluding carboxylic acids is 1. The van der Waals surface area contributed by atoms with Gasteiger partial charge in [-0.25, -0.2) is 0 Å². The third kappa shape index (κ3) is 4.10. The summed E-state index contributed by atoms with van der Waals surface area (Å²) in [6.07, 6.45) is 3.91. The molecule has 0 aromatic heterocycles. The molecule has 16 heavy (non-hydrogen) atoms. The fourth-order valence-electron chi connectivity index (χ4n) is 2.26. The Morgan fingerprint density at radius 2 is 2.25 bits per heavy atom. The van der Waals surface area contributed by atoms with Gasteiger partial charge in [0.25, 0.3) is 0 Å². The minimum atomic E-state index is 0.00583. The molecule has 1 fully saturated rings. The van der Waals surface area contributed by atoms with E-state index in [1.54, 1.807) is 7.11 Å². The Kier molecular flexibility index (Phi) is 5.77. The molecule has 0 aromatic carbocycles. The molecule has 0 spiro atoms. The van der Waals surface area contributed by atoms with E-state index in [4.69, 9.17) is 10.5 Å². The standard InChI is InChI=1S/C12H24N2O2/c1-9-4-5-11(13)10(8-9)12(15)14-6-3-7-16-2/h9-11H,3-8,13H2,1-2H3,(H,14,15). The highest BCUT2D eigenvalue weighted by Crippen LogP contribution is 2.27. The molecule has 4 nitrogen and oxygen atoms in total. The van der Waals surface area contributed by atoms with Crippen molar-refractivity contribution in [2.24, 2.45) is 17.6 Å². The summed E-state index contributed by atoms with van der Waals surface area (Å²) < 4.78 is 4.93. The van der Waals surface area contributed by atoms with Gasteiger partial charge in [-0.05, 0) is 31.6 Å². The first-order valence-electron chi connectivity index (χ1n) is 6.17. The van der Waals surface area contributed by atoms with Crippen LogP contribution in [-0.4, -0.2) is 32.2 Å². The zero-order chi connectivity index (χ0) is 12.0. The van der Waals surface area contributed by atoms with Crippen molar-refractivity contribution >= 4 is 5.91 Å². The van der Waals surface area contributed by atoms with Gasteiger partial charge in [0.2, 0.25) is 5.91 Å². The molecule has 1 amide bonds. The number of rotatable bonds is 5. The molecule has 3 N–H and O–H groups in total. The molecule has 1 aliphatic rings. The molecule has 94 valence electrons. The zero-order valence-electron chi connectivity index (χ0n) is 10.4. The van der Waals surface area contributed by atoms with Crippen molar-refractivity contribution < 1.29 is 9.53 Å². The third-order valence-corrected chi connectivity index (χ3v) is 3.33. The number of nitrogens with one attached hydrogen (secondary N) is 1. The van der Waals surface area contributed by atoms with Crippen LogP contribution in [0, 0.1) is 11.8 Å². The molecule has 4 heteroatoms. The summed E-state index contributed by atoms with van der Waals surface area (Å²) in [5, 5.41) is 2.94. The van der Waals surface area contributed by atoms with Crippen molar-refractivity contribution in [1.29, 1.82) is 0 Å². The Hall–Kier alpha value is -0.610. The Labute approximate surface area is 97.9 Å². The van der Waals surface area contributed by atoms with Crippen molar-refractivity contribution in [3.05, 3.63) is 0 Å². The van der Waals surface area contributed by atoms with Crippen LogP contribution in [0.5, 0.6) is 0 Å². The van der Waals surface area contributed by atoms with Gasteiger partial charge in [-0.1, -0.05) is 6.92 Å². The summed E-state index contributed by atoms with van der Waals surface area (Å²) in [5.74, 6) is 0.746. The van der Waals surface area contributed by atoms with Gasteiger partial charge in [0.1, 0.15) is 0 Å². The topological polar surface area (TPSA) is 64.3 Å². The average Bonchev–Trinajstić information content (AvgIpc) is 2.27. The first-order valence-corrected chi connectivity index (χ1v) is 6.17. The normalized spacial score (nSPS) is 30.1. The van der Waals surface area contributed by atoms with Crippen LogP contribution in [0.3, 0.4) is 0 Å². The van der Waals surface area contributed by atoms with Crippen LogP contribution in [-0.2, 0) is 9.53 Å². The van der Waals surface area contributed by atoms with E-state index >= 15 is 0 Å². The maximum atomic E-state index is 11.9. The lowest BCUT2D eigenvalue weighted by atomic mass is 9.79. The average molecular weight is 228 g/mol. The Morgan fingerprint density at radius 1 is 1.50 bits per heavy atom. The second-order valence-electron chi connectivity index (χ2n) is 4.83. The van der Waals surface area contributed by atoms with Crippen LogP contribution in [0.2, 0.25) is 0 Å². The minimum Gasteiger partial charge on any atom is -0.385 e. The van der Waals surface area contributed by atoms with Gasteiger partial charge in [-0.2, -0.15) is 0 Å². The van der Waals surface area contributed by atoms with Crippen molar-refractivity contribution in [3.8, 4) is 0 Å². The second-order valence-corrected chi connectivity index (χ2v) is 4.83. The van der Waals surface area contributed by atoms with Crippen molar-refractivity contribution in [3.63, 3.8) is 0 Å². The number of hydrogen-bond donors (Lipinski definition) is 2. The first kappa shape index (κ1) is 13.5. The number of amides is 1. The maximum absolute atomic E-state index is 11.9. The molecule has 0 aromatic rings. The molecule has 0 aliphatic heterocycles. The molecule has 0 radical (unpaired) electrons. The van der Waals surface area contributed by atoms with E-state index in [2.05, 4.69) is 12.2 Å². The lowest BCUT2D eigenvalue weighted by Gasteiger charge is -2.31. The summed E-state index contributed by atoms with van der Waals surface area (Å²) in [6, 6.07) is 0.0404. The third-order valence-electron chi connectivity index (χ3n) is 3.33. The van der Waals surface area contributed by atoms with Crippen LogP contribution in [0.4, 0.5) is 0 Å². The highest BCUT2D eigenvalue weighted by molar-refractivity contribution is 5.79. The van der Waals surface area contributed by atoms with E-state index in [9.17, 15) is 4.79 Å². The van der Waals surface area contributed by atoms with Gasteiger partial charge in [0.15, 0.2) is 0 Å². The summed E-state index contributed by atoms with van der Waals surface area (Å²) >= 11 is 0. The largest absolute Gasteiger partial charge is 0.385 e. The van der Waals surface area contributed by atoms with Gasteiger partial charge in [-0.15, -0.1) is 0 Å². The van der Waals surface area contributed by atoms with E-state index in [0.29, 0.717) is 19.1 Å². The molecule has 0 bridgehead atoms. The van der Waals surface area contributed by atoms with Crippen molar-refractivity contribution in [1.82, 2.24) is 5.32 Å². The van der Waals surface area contributed by atoms with Gasteiger partial charge in [-0.3, -0.25) is 4.79 Å². The maximum Gasteiger partial charge on any atom is 0.224 e. The number of methoxy groups -OCH3 is 1. The first-order chi connectivity index (χ1) is 7.65. The number of nitrogens with two attached hydrogens (primary N) is 1. The second kappa shape index (κ2) is 6.86. The van der Waals surface area contributed by atoms with Crippen LogP contribution >= 0.6 is 0 Å². The highest BCUT2D eigenvalue weighted by atomic mass is 16.5. The molecule has 1 rings (SSSR count). The van der Waals surface area contributed by atoms with E-state index in [1.807, 2.05) is 0 Å². The Morgan fingerprint density at radius 3 is 2.94 bits per heavy atom. The summed E-state index contributed by atoms with van der Waals surface area (Å²) in [6.45, 7) is 3.56. The van der Waals surface area contributed by atoms with Crippen LogP contribution in [0.15, 0.2) is 0 Å². The van der Waals surface area contributed by atoms with E-state index in [-0.39, 0.29) is 17.9 Å². The van der Waals surface area contributed by atoms with Gasteiger partial charge >= 0.3 is 0 Å². The Bertz CT molecular complexity index is 221. The van der Waals surface area contributed by atoms with E-state index in [1.165, 1.54) is 0 Å². The molecular weight excluding hydrogens is 204 g/mol. The van der Waals surface area contributed by atoms with Crippen LogP contribution in [0.1, 0.15) is 32.6 Å². The summed E-state index contributed by atoms with van der Waals surface area (Å²) in [4.78, 5) is 11.9. The van der Waals surface area contributed by atoms with Gasteiger partial charge in [0.05, 0.1) is 5.92 Å². The predicted octanol–water partition coefficient (Wildman–Crippen LogP) is 0.903. The van der Waals surface area contributed by atoms with E-state index in [0.717, 1.165) is 25.7 Å². The predicted molar refractivity (Wildman–Crippen MR) is 64.0 cm³/mol. The number of carbonyl (C=O) groups is 1. The molecule has 1 aliphatic carbocycles. The lowest BCUT2D eigenvalue weighted by Crippen LogP contribution is -2.45. The van der Waals surface area contributed by atoms with Gasteiger partial charge in [0, 0.05) is 26.3 Å². The highest BCUT2D eigenvalue weighted by Gasteiger charge is 2.31. The quantitative estimate of drug-likeness (QED) is 0.687. The Balaban J connectivity index is 2.28. The molecule has 3 unspecified atom stereocenters. The summed E-state index contributed by atoms with van der Waals surface area (Å²) in [5.41, 5.74) is 5.99. The van der Waals surface area contributed by atoms with E-state index < -0.39 is 0 Å². The number of ether oxygens (including phenoxy) is 1.